The fourth-order valence-electron chi connectivity index (χ4n) is 3.00. The summed E-state index contributed by atoms with van der Waals surface area (Å²) in [7, 11) is -2.25. The average Bonchev–Trinajstić information content (AvgIpc) is 2.55. The summed E-state index contributed by atoms with van der Waals surface area (Å²) in [5.41, 5.74) is 0. The van der Waals surface area contributed by atoms with Crippen LogP contribution in [0.1, 0.15) is 12.8 Å². The molecule has 2 aliphatic heterocycles. The van der Waals surface area contributed by atoms with Gasteiger partial charge in [0, 0.05) is 33.3 Å². The highest BCUT2D eigenvalue weighted by Gasteiger charge is 2.40. The summed E-state index contributed by atoms with van der Waals surface area (Å²) in [6.07, 6.45) is 2.25. The summed E-state index contributed by atoms with van der Waals surface area (Å²) >= 11 is 0. The van der Waals surface area contributed by atoms with Crippen LogP contribution < -0.4 is 10.6 Å². The molecule has 0 radical (unpaired) electrons. The van der Waals surface area contributed by atoms with Crippen molar-refractivity contribution in [2.24, 2.45) is 0 Å². The molecule has 2 saturated heterocycles. The highest BCUT2D eigenvalue weighted by atomic mass is 32.2. The van der Waals surface area contributed by atoms with E-state index in [1.807, 2.05) is 0 Å². The topological polar surface area (TPSA) is 125 Å². The van der Waals surface area contributed by atoms with E-state index in [0.29, 0.717) is 13.0 Å². The van der Waals surface area contributed by atoms with E-state index in [0.717, 1.165) is 17.0 Å². The molecule has 142 valence electrons. The number of carbonyl (C=O) groups excluding carboxylic acids is 3. The van der Waals surface area contributed by atoms with Gasteiger partial charge in [-0.3, -0.25) is 14.4 Å². The van der Waals surface area contributed by atoms with E-state index in [1.54, 1.807) is 0 Å². The number of hydrogen-bond donors (Lipinski definition) is 2. The molecule has 0 aliphatic carbocycles. The molecule has 0 spiro atoms. The van der Waals surface area contributed by atoms with Gasteiger partial charge in [0.05, 0.1) is 6.26 Å². The number of sulfonamides is 1. The van der Waals surface area contributed by atoms with Crippen LogP contribution in [0.25, 0.3) is 0 Å². The second-order valence-corrected chi connectivity index (χ2v) is 8.09. The lowest BCUT2D eigenvalue weighted by atomic mass is 10.1. The Kier molecular flexibility index (Phi) is 6.36. The zero-order valence-electron chi connectivity index (χ0n) is 14.4. The fourth-order valence-corrected chi connectivity index (χ4v) is 4.03. The Balaban J connectivity index is 2.13. The minimum Gasteiger partial charge on any atom is -0.375 e. The van der Waals surface area contributed by atoms with Crippen LogP contribution in [0.3, 0.4) is 0 Å². The van der Waals surface area contributed by atoms with Crippen molar-refractivity contribution in [3.63, 3.8) is 0 Å². The Morgan fingerprint density at radius 3 is 2.68 bits per heavy atom. The number of piperidine rings is 1. The molecule has 3 amide bonds. The molecule has 2 fully saturated rings. The van der Waals surface area contributed by atoms with E-state index in [1.165, 1.54) is 12.0 Å². The molecule has 0 aromatic rings. The summed E-state index contributed by atoms with van der Waals surface area (Å²) in [5.74, 6) is -1.18. The molecule has 0 saturated carbocycles. The Hall–Kier alpha value is -1.72. The third-order valence-electron chi connectivity index (χ3n) is 4.28. The Labute approximate surface area is 146 Å². The predicted molar refractivity (Wildman–Crippen MR) is 88.0 cm³/mol. The number of methoxy groups -OCH3 is 1. The highest BCUT2D eigenvalue weighted by Crippen LogP contribution is 2.15. The lowest BCUT2D eigenvalue weighted by Gasteiger charge is -2.39. The molecule has 2 N–H and O–H groups in total. The number of nitrogens with zero attached hydrogens (tertiary/aromatic N) is 2. The predicted octanol–water partition coefficient (Wildman–Crippen LogP) is -2.50. The van der Waals surface area contributed by atoms with E-state index in [-0.39, 0.29) is 38.1 Å². The zero-order valence-corrected chi connectivity index (χ0v) is 15.2. The van der Waals surface area contributed by atoms with Crippen molar-refractivity contribution in [2.45, 2.75) is 24.9 Å². The number of rotatable bonds is 5. The molecular formula is C14H24N4O6S. The highest BCUT2D eigenvalue weighted by molar-refractivity contribution is 7.88. The molecule has 0 bridgehead atoms. The summed E-state index contributed by atoms with van der Waals surface area (Å²) in [6.45, 7) is 0.545. The van der Waals surface area contributed by atoms with Gasteiger partial charge in [0.15, 0.2) is 0 Å². The van der Waals surface area contributed by atoms with Gasteiger partial charge in [-0.2, -0.15) is 4.31 Å². The van der Waals surface area contributed by atoms with Crippen LogP contribution in [-0.4, -0.2) is 93.6 Å². The molecular weight excluding hydrogens is 352 g/mol. The first-order valence-corrected chi connectivity index (χ1v) is 9.90. The van der Waals surface area contributed by atoms with Crippen LogP contribution in [0.2, 0.25) is 0 Å². The van der Waals surface area contributed by atoms with Gasteiger partial charge >= 0.3 is 0 Å². The standard InChI is InChI=1S/C14H24N4O6S/c1-24-9-12(19)17-6-7-18(25(2,22)23)11(8-17)14(21)16-10-4-3-5-15-13(10)20/h10-11H,3-9H2,1-2H3,(H,15,20)(H,16,21). The summed E-state index contributed by atoms with van der Waals surface area (Å²) in [4.78, 5) is 37.8. The third-order valence-corrected chi connectivity index (χ3v) is 5.57. The Morgan fingerprint density at radius 1 is 1.36 bits per heavy atom. The summed E-state index contributed by atoms with van der Waals surface area (Å²) in [6, 6.07) is -1.76. The van der Waals surface area contributed by atoms with Gasteiger partial charge in [-0.15, -0.1) is 0 Å². The number of amides is 3. The van der Waals surface area contributed by atoms with Crippen LogP contribution in [0.4, 0.5) is 0 Å². The number of nitrogens with one attached hydrogen (secondary N) is 2. The first-order chi connectivity index (χ1) is 11.7. The molecule has 0 aromatic carbocycles. The number of hydrogen-bond acceptors (Lipinski definition) is 6. The van der Waals surface area contributed by atoms with Crippen molar-refractivity contribution in [1.82, 2.24) is 19.8 Å². The molecule has 2 atom stereocenters. The normalized spacial score (nSPS) is 25.4. The van der Waals surface area contributed by atoms with E-state index < -0.39 is 28.0 Å². The van der Waals surface area contributed by atoms with Gasteiger partial charge in [-0.05, 0) is 12.8 Å². The van der Waals surface area contributed by atoms with Crippen LogP contribution in [0.15, 0.2) is 0 Å². The molecule has 11 heteroatoms. The Morgan fingerprint density at radius 2 is 2.08 bits per heavy atom. The number of ether oxygens (including phenoxy) is 1. The maximum atomic E-state index is 12.6. The van der Waals surface area contributed by atoms with Crippen LogP contribution in [0.5, 0.6) is 0 Å². The van der Waals surface area contributed by atoms with Gasteiger partial charge in [0.1, 0.15) is 18.7 Å². The average molecular weight is 376 g/mol. The van der Waals surface area contributed by atoms with E-state index >= 15 is 0 Å². The van der Waals surface area contributed by atoms with E-state index in [2.05, 4.69) is 10.6 Å². The molecule has 2 aliphatic rings. The van der Waals surface area contributed by atoms with E-state index in [4.69, 9.17) is 4.74 Å². The van der Waals surface area contributed by atoms with Gasteiger partial charge in [-0.25, -0.2) is 8.42 Å². The lowest BCUT2D eigenvalue weighted by molar-refractivity contribution is -0.140. The lowest BCUT2D eigenvalue weighted by Crippen LogP contribution is -2.63. The fraction of sp³-hybridized carbons (Fsp3) is 0.786. The zero-order chi connectivity index (χ0) is 18.6. The van der Waals surface area contributed by atoms with Crippen molar-refractivity contribution >= 4 is 27.7 Å². The Bertz CT molecular complexity index is 637. The molecule has 0 aromatic heterocycles. The van der Waals surface area contributed by atoms with E-state index in [9.17, 15) is 22.8 Å². The largest absolute Gasteiger partial charge is 0.375 e. The van der Waals surface area contributed by atoms with Gasteiger partial charge in [-0.1, -0.05) is 0 Å². The summed E-state index contributed by atoms with van der Waals surface area (Å²) < 4.78 is 29.9. The van der Waals surface area contributed by atoms with Crippen LogP contribution in [0, 0.1) is 0 Å². The monoisotopic (exact) mass is 376 g/mol. The number of carbonyl (C=O) groups is 3. The minimum atomic E-state index is -3.63. The molecule has 2 unspecified atom stereocenters. The first-order valence-electron chi connectivity index (χ1n) is 8.05. The maximum absolute atomic E-state index is 12.6. The second-order valence-electron chi connectivity index (χ2n) is 6.16. The van der Waals surface area contributed by atoms with Crippen molar-refractivity contribution in [3.8, 4) is 0 Å². The van der Waals surface area contributed by atoms with Gasteiger partial charge in [0.25, 0.3) is 0 Å². The van der Waals surface area contributed by atoms with Crippen LogP contribution in [-0.2, 0) is 29.1 Å². The molecule has 25 heavy (non-hydrogen) atoms. The second kappa shape index (κ2) is 8.11. The van der Waals surface area contributed by atoms with Crippen molar-refractivity contribution in [2.75, 3.05) is 46.2 Å². The summed E-state index contributed by atoms with van der Waals surface area (Å²) in [5, 5.41) is 5.26. The van der Waals surface area contributed by atoms with Crippen LogP contribution >= 0.6 is 0 Å². The third kappa shape index (κ3) is 4.89. The van der Waals surface area contributed by atoms with Crippen molar-refractivity contribution in [1.29, 1.82) is 0 Å². The minimum absolute atomic E-state index is 0.0171. The maximum Gasteiger partial charge on any atom is 0.248 e. The van der Waals surface area contributed by atoms with Crippen molar-refractivity contribution < 1.29 is 27.5 Å². The SMILES string of the molecule is COCC(=O)N1CCN(S(C)(=O)=O)C(C(=O)NC2CCCNC2=O)C1. The smallest absolute Gasteiger partial charge is 0.248 e. The quantitative estimate of drug-likeness (QED) is 0.546. The first kappa shape index (κ1) is 19.6. The molecule has 2 heterocycles. The molecule has 2 rings (SSSR count). The number of piperazine rings is 1. The molecule has 10 nitrogen and oxygen atoms in total. The van der Waals surface area contributed by atoms with Gasteiger partial charge in [0.2, 0.25) is 27.7 Å². The van der Waals surface area contributed by atoms with Gasteiger partial charge < -0.3 is 20.3 Å². The van der Waals surface area contributed by atoms with Crippen molar-refractivity contribution in [3.05, 3.63) is 0 Å².